The molecule has 3 nitrogen and oxygen atoms in total. The van der Waals surface area contributed by atoms with Crippen molar-refractivity contribution in [1.29, 1.82) is 0 Å². The first-order valence-electron chi connectivity index (χ1n) is 6.99. The summed E-state index contributed by atoms with van der Waals surface area (Å²) in [6.07, 6.45) is 1.42. The fourth-order valence-corrected chi connectivity index (χ4v) is 5.17. The summed E-state index contributed by atoms with van der Waals surface area (Å²) in [4.78, 5) is 10.9. The third-order valence-corrected chi connectivity index (χ3v) is 5.93. The lowest BCUT2D eigenvalue weighted by atomic mass is 10.0. The van der Waals surface area contributed by atoms with E-state index in [2.05, 4.69) is 23.7 Å². The van der Waals surface area contributed by atoms with Crippen molar-refractivity contribution in [3.05, 3.63) is 46.8 Å². The Hall–Kier alpha value is -1.46. The molecule has 1 aliphatic rings. The number of primary amides is 1. The lowest BCUT2D eigenvalue weighted by Gasteiger charge is -2.28. The van der Waals surface area contributed by atoms with Crippen molar-refractivity contribution in [2.75, 3.05) is 5.32 Å². The SMILES string of the molecule is C[C@H]1CC(Nc2ccc(CC(N)=O)cc2)c2ccsc2S1. The van der Waals surface area contributed by atoms with Crippen LogP contribution in [0.15, 0.2) is 39.9 Å². The van der Waals surface area contributed by atoms with Gasteiger partial charge in [-0.1, -0.05) is 19.1 Å². The highest BCUT2D eigenvalue weighted by molar-refractivity contribution is 8.01. The van der Waals surface area contributed by atoms with E-state index >= 15 is 0 Å². The van der Waals surface area contributed by atoms with Gasteiger partial charge < -0.3 is 11.1 Å². The van der Waals surface area contributed by atoms with Crippen LogP contribution in [-0.2, 0) is 11.2 Å². The van der Waals surface area contributed by atoms with E-state index in [4.69, 9.17) is 5.73 Å². The molecule has 3 N–H and O–H groups in total. The van der Waals surface area contributed by atoms with Gasteiger partial charge in [0.25, 0.3) is 0 Å². The molecule has 0 bridgehead atoms. The van der Waals surface area contributed by atoms with Crippen molar-refractivity contribution in [3.8, 4) is 0 Å². The van der Waals surface area contributed by atoms with Crippen molar-refractivity contribution >= 4 is 34.7 Å². The first-order chi connectivity index (χ1) is 10.1. The average molecular weight is 318 g/mol. The first-order valence-corrected chi connectivity index (χ1v) is 8.75. The molecule has 0 spiro atoms. The van der Waals surface area contributed by atoms with E-state index in [0.29, 0.717) is 17.7 Å². The zero-order chi connectivity index (χ0) is 14.8. The number of rotatable bonds is 4. The van der Waals surface area contributed by atoms with E-state index in [1.165, 1.54) is 9.77 Å². The highest BCUT2D eigenvalue weighted by atomic mass is 32.2. The van der Waals surface area contributed by atoms with Gasteiger partial charge in [-0.05, 0) is 41.1 Å². The number of carbonyl (C=O) groups excluding carboxylic acids is 1. The Morgan fingerprint density at radius 1 is 1.33 bits per heavy atom. The molecule has 21 heavy (non-hydrogen) atoms. The van der Waals surface area contributed by atoms with Crippen LogP contribution in [0.1, 0.15) is 30.5 Å². The highest BCUT2D eigenvalue weighted by Gasteiger charge is 2.26. The van der Waals surface area contributed by atoms with E-state index in [1.807, 2.05) is 47.4 Å². The molecule has 1 aromatic heterocycles. The third-order valence-electron chi connectivity index (χ3n) is 3.58. The van der Waals surface area contributed by atoms with Gasteiger partial charge >= 0.3 is 0 Å². The molecule has 2 atom stereocenters. The molecule has 3 rings (SSSR count). The Morgan fingerprint density at radius 2 is 2.10 bits per heavy atom. The van der Waals surface area contributed by atoms with Gasteiger partial charge in [0, 0.05) is 10.9 Å². The lowest BCUT2D eigenvalue weighted by molar-refractivity contribution is -0.117. The Balaban J connectivity index is 1.74. The fraction of sp³-hybridized carbons (Fsp3) is 0.312. The number of fused-ring (bicyclic) bond motifs is 1. The summed E-state index contributed by atoms with van der Waals surface area (Å²) in [5, 5.41) is 6.41. The van der Waals surface area contributed by atoms with E-state index in [-0.39, 0.29) is 5.91 Å². The topological polar surface area (TPSA) is 55.1 Å². The summed E-state index contributed by atoms with van der Waals surface area (Å²) in [6.45, 7) is 2.28. The largest absolute Gasteiger partial charge is 0.378 e. The van der Waals surface area contributed by atoms with Gasteiger partial charge in [-0.15, -0.1) is 23.1 Å². The molecule has 1 aromatic carbocycles. The maximum absolute atomic E-state index is 10.9. The van der Waals surface area contributed by atoms with Crippen LogP contribution in [0.4, 0.5) is 5.69 Å². The van der Waals surface area contributed by atoms with Gasteiger partial charge in [-0.25, -0.2) is 0 Å². The van der Waals surface area contributed by atoms with Gasteiger partial charge in [-0.2, -0.15) is 0 Å². The van der Waals surface area contributed by atoms with Gasteiger partial charge in [0.15, 0.2) is 0 Å². The van der Waals surface area contributed by atoms with Crippen LogP contribution in [0.5, 0.6) is 0 Å². The molecule has 1 aliphatic heterocycles. The standard InChI is InChI=1S/C16H18N2OS2/c1-10-8-14(13-6-7-20-16(13)21-10)18-12-4-2-11(3-5-12)9-15(17)19/h2-7,10,14,18H,8-9H2,1H3,(H2,17,19)/t10-,14?/m0/s1. The van der Waals surface area contributed by atoms with E-state index < -0.39 is 0 Å². The Kier molecular flexibility index (Phi) is 4.22. The molecule has 0 fully saturated rings. The second-order valence-electron chi connectivity index (χ2n) is 5.36. The second-order valence-corrected chi connectivity index (χ2v) is 7.99. The number of nitrogens with two attached hydrogens (primary N) is 1. The number of hydrogen-bond acceptors (Lipinski definition) is 4. The molecule has 0 saturated carbocycles. The lowest BCUT2D eigenvalue weighted by Crippen LogP contribution is -2.19. The van der Waals surface area contributed by atoms with Gasteiger partial charge in [-0.3, -0.25) is 4.79 Å². The molecule has 2 heterocycles. The zero-order valence-electron chi connectivity index (χ0n) is 11.8. The summed E-state index contributed by atoms with van der Waals surface area (Å²) in [5.41, 5.74) is 8.66. The number of benzene rings is 1. The van der Waals surface area contributed by atoms with Gasteiger partial charge in [0.1, 0.15) is 0 Å². The number of hydrogen-bond donors (Lipinski definition) is 2. The second kappa shape index (κ2) is 6.12. The Bertz CT molecular complexity index is 636. The molecule has 0 radical (unpaired) electrons. The number of thioether (sulfide) groups is 1. The van der Waals surface area contributed by atoms with Crippen LogP contribution in [0.2, 0.25) is 0 Å². The quantitative estimate of drug-likeness (QED) is 0.901. The molecule has 0 aliphatic carbocycles. The van der Waals surface area contributed by atoms with Crippen LogP contribution in [0.3, 0.4) is 0 Å². The molecule has 110 valence electrons. The predicted molar refractivity (Wildman–Crippen MR) is 90.0 cm³/mol. The normalized spacial score (nSPS) is 20.8. The summed E-state index contributed by atoms with van der Waals surface area (Å²) >= 11 is 3.79. The fourth-order valence-electron chi connectivity index (χ4n) is 2.61. The monoisotopic (exact) mass is 318 g/mol. The van der Waals surface area contributed by atoms with Crippen LogP contribution in [-0.4, -0.2) is 11.2 Å². The van der Waals surface area contributed by atoms with Crippen molar-refractivity contribution in [1.82, 2.24) is 0 Å². The average Bonchev–Trinajstić information content (AvgIpc) is 2.88. The maximum Gasteiger partial charge on any atom is 0.221 e. The van der Waals surface area contributed by atoms with Crippen molar-refractivity contribution < 1.29 is 4.79 Å². The van der Waals surface area contributed by atoms with E-state index in [9.17, 15) is 4.79 Å². The number of carbonyl (C=O) groups is 1. The predicted octanol–water partition coefficient (Wildman–Crippen LogP) is 3.81. The minimum atomic E-state index is -0.295. The minimum absolute atomic E-state index is 0.295. The Morgan fingerprint density at radius 3 is 2.81 bits per heavy atom. The maximum atomic E-state index is 10.9. The Labute approximate surface area is 132 Å². The first kappa shape index (κ1) is 14.5. The number of nitrogens with one attached hydrogen (secondary N) is 1. The molecular weight excluding hydrogens is 300 g/mol. The molecule has 1 amide bonds. The molecule has 2 aromatic rings. The summed E-state index contributed by atoms with van der Waals surface area (Å²) in [5.74, 6) is -0.295. The highest BCUT2D eigenvalue weighted by Crippen LogP contribution is 2.44. The summed E-state index contributed by atoms with van der Waals surface area (Å²) < 4.78 is 1.43. The van der Waals surface area contributed by atoms with Gasteiger partial charge in [0.05, 0.1) is 16.7 Å². The van der Waals surface area contributed by atoms with Crippen molar-refractivity contribution in [3.63, 3.8) is 0 Å². The molecule has 5 heteroatoms. The third kappa shape index (κ3) is 3.41. The van der Waals surface area contributed by atoms with Crippen molar-refractivity contribution in [2.24, 2.45) is 5.73 Å². The van der Waals surface area contributed by atoms with Gasteiger partial charge in [0.2, 0.25) is 5.91 Å². The smallest absolute Gasteiger partial charge is 0.221 e. The van der Waals surface area contributed by atoms with Crippen LogP contribution in [0.25, 0.3) is 0 Å². The van der Waals surface area contributed by atoms with Crippen LogP contribution >= 0.6 is 23.1 Å². The minimum Gasteiger partial charge on any atom is -0.378 e. The van der Waals surface area contributed by atoms with E-state index in [0.717, 1.165) is 17.7 Å². The van der Waals surface area contributed by atoms with Crippen LogP contribution in [0, 0.1) is 0 Å². The van der Waals surface area contributed by atoms with E-state index in [1.54, 1.807) is 0 Å². The van der Waals surface area contributed by atoms with Crippen molar-refractivity contribution in [2.45, 2.75) is 35.3 Å². The number of amides is 1. The molecular formula is C16H18N2OS2. The molecule has 0 saturated heterocycles. The summed E-state index contributed by atoms with van der Waals surface area (Å²) in [6, 6.07) is 10.6. The number of anilines is 1. The molecule has 1 unspecified atom stereocenters. The number of thiophene rings is 1. The zero-order valence-corrected chi connectivity index (χ0v) is 13.5. The van der Waals surface area contributed by atoms with Crippen LogP contribution < -0.4 is 11.1 Å². The summed E-state index contributed by atoms with van der Waals surface area (Å²) in [7, 11) is 0.